The van der Waals surface area contributed by atoms with Gasteiger partial charge in [0.25, 0.3) is 0 Å². The Hall–Kier alpha value is -2.25. The molecule has 5 rings (SSSR count). The molecule has 0 N–H and O–H groups in total. The molecule has 8 nitrogen and oxygen atoms in total. The molecule has 0 spiro atoms. The Morgan fingerprint density at radius 1 is 1.18 bits per heavy atom. The predicted molar refractivity (Wildman–Crippen MR) is 121 cm³/mol. The highest BCUT2D eigenvalue weighted by molar-refractivity contribution is 7.88. The second-order valence-corrected chi connectivity index (χ2v) is 11.8. The smallest absolute Gasteiger partial charge is 0.445 e. The summed E-state index contributed by atoms with van der Waals surface area (Å²) in [7, 11) is -3.20. The molecular weight excluding hydrogens is 491 g/mol. The molecule has 1 atom stereocenters. The number of piperidine rings is 1. The maximum absolute atomic E-state index is 12.8. The molecule has 2 aromatic heterocycles. The van der Waals surface area contributed by atoms with Gasteiger partial charge < -0.3 is 9.64 Å². The Morgan fingerprint density at radius 3 is 2.56 bits per heavy atom. The van der Waals surface area contributed by atoms with Gasteiger partial charge in [-0.3, -0.25) is 4.98 Å². The standard InChI is InChI=1S/C21H24F3N5O3S2/c1-34(30,31)29-8-4-13(5-9-29)16-10-15-11-17(32-18(15)12-25-16)14-2-6-28(7-3-14)20-27-26-19(33-20)21(22,23)24/h4,10,12,14,17H,2-3,5-9,11H2,1H3/t17-/m1/s1. The van der Waals surface area contributed by atoms with Crippen LogP contribution in [0.2, 0.25) is 0 Å². The summed E-state index contributed by atoms with van der Waals surface area (Å²) < 4.78 is 69.5. The van der Waals surface area contributed by atoms with Crippen LogP contribution >= 0.6 is 11.3 Å². The van der Waals surface area contributed by atoms with Gasteiger partial charge in [-0.05, 0) is 36.8 Å². The number of halogens is 3. The average Bonchev–Trinajstić information content (AvgIpc) is 3.46. The summed E-state index contributed by atoms with van der Waals surface area (Å²) in [5.41, 5.74) is 2.97. The molecule has 3 aliphatic heterocycles. The largest absolute Gasteiger partial charge is 0.488 e. The molecule has 0 aliphatic carbocycles. The number of rotatable bonds is 4. The molecule has 0 saturated carbocycles. The third-order valence-corrected chi connectivity index (χ3v) is 8.91. The van der Waals surface area contributed by atoms with Crippen molar-refractivity contribution >= 4 is 32.1 Å². The zero-order chi connectivity index (χ0) is 24.1. The second kappa shape index (κ2) is 8.76. The van der Waals surface area contributed by atoms with Gasteiger partial charge in [0, 0.05) is 38.2 Å². The van der Waals surface area contributed by atoms with E-state index >= 15 is 0 Å². The number of anilines is 1. The number of ether oxygens (including phenoxy) is 1. The van der Waals surface area contributed by atoms with Crippen molar-refractivity contribution in [2.45, 2.75) is 38.0 Å². The zero-order valence-electron chi connectivity index (χ0n) is 18.5. The van der Waals surface area contributed by atoms with Crippen LogP contribution in [-0.2, 0) is 22.6 Å². The summed E-state index contributed by atoms with van der Waals surface area (Å²) in [4.78, 5) is 6.40. The fraction of sp³-hybridized carbons (Fsp3) is 0.571. The highest BCUT2D eigenvalue weighted by atomic mass is 32.2. The van der Waals surface area contributed by atoms with E-state index in [-0.39, 0.29) is 6.10 Å². The van der Waals surface area contributed by atoms with E-state index in [0.29, 0.717) is 55.0 Å². The van der Waals surface area contributed by atoms with E-state index in [1.54, 1.807) is 6.20 Å². The van der Waals surface area contributed by atoms with E-state index in [2.05, 4.69) is 15.2 Å². The van der Waals surface area contributed by atoms with E-state index in [1.165, 1.54) is 10.6 Å². The van der Waals surface area contributed by atoms with Crippen LogP contribution in [0.5, 0.6) is 5.75 Å². The third kappa shape index (κ3) is 4.78. The molecule has 3 aliphatic rings. The summed E-state index contributed by atoms with van der Waals surface area (Å²) in [5, 5.41) is 6.40. The van der Waals surface area contributed by atoms with Crippen LogP contribution in [0.15, 0.2) is 18.3 Å². The Bertz CT molecular complexity index is 1210. The lowest BCUT2D eigenvalue weighted by Crippen LogP contribution is -2.39. The van der Waals surface area contributed by atoms with E-state index < -0.39 is 21.2 Å². The van der Waals surface area contributed by atoms with E-state index in [9.17, 15) is 21.6 Å². The van der Waals surface area contributed by atoms with Crippen molar-refractivity contribution in [2.75, 3.05) is 37.3 Å². The van der Waals surface area contributed by atoms with Gasteiger partial charge >= 0.3 is 6.18 Å². The number of hydrogen-bond acceptors (Lipinski definition) is 8. The highest BCUT2D eigenvalue weighted by Crippen LogP contribution is 2.39. The van der Waals surface area contributed by atoms with E-state index in [4.69, 9.17) is 4.74 Å². The predicted octanol–water partition coefficient (Wildman–Crippen LogP) is 3.22. The van der Waals surface area contributed by atoms with Crippen LogP contribution in [0.3, 0.4) is 0 Å². The van der Waals surface area contributed by atoms with Crippen molar-refractivity contribution in [3.63, 3.8) is 0 Å². The molecule has 0 radical (unpaired) electrons. The van der Waals surface area contributed by atoms with Gasteiger partial charge in [-0.1, -0.05) is 17.4 Å². The molecular formula is C21H24F3N5O3S2. The minimum atomic E-state index is -4.47. The number of alkyl halides is 3. The van der Waals surface area contributed by atoms with Crippen LogP contribution in [0.4, 0.5) is 18.3 Å². The Morgan fingerprint density at radius 2 is 1.94 bits per heavy atom. The maximum atomic E-state index is 12.8. The number of sulfonamides is 1. The Balaban J connectivity index is 1.19. The number of fused-ring (bicyclic) bond motifs is 1. The average molecular weight is 516 g/mol. The molecule has 2 aromatic rings. The van der Waals surface area contributed by atoms with Crippen molar-refractivity contribution in [3.8, 4) is 5.75 Å². The van der Waals surface area contributed by atoms with Gasteiger partial charge in [0.15, 0.2) is 0 Å². The molecule has 1 fully saturated rings. The van der Waals surface area contributed by atoms with Crippen LogP contribution < -0.4 is 9.64 Å². The summed E-state index contributed by atoms with van der Waals surface area (Å²) >= 11 is 0.584. The van der Waals surface area contributed by atoms with Gasteiger partial charge in [0.05, 0.1) is 18.1 Å². The van der Waals surface area contributed by atoms with Crippen LogP contribution in [0.1, 0.15) is 35.5 Å². The summed E-state index contributed by atoms with van der Waals surface area (Å²) in [6, 6.07) is 2.03. The molecule has 5 heterocycles. The highest BCUT2D eigenvalue weighted by Gasteiger charge is 2.38. The fourth-order valence-electron chi connectivity index (χ4n) is 4.71. The normalized spacial score (nSPS) is 22.4. The Kier molecular flexibility index (Phi) is 6.05. The molecule has 1 saturated heterocycles. The second-order valence-electron chi connectivity index (χ2n) is 8.85. The van der Waals surface area contributed by atoms with Crippen molar-refractivity contribution in [1.29, 1.82) is 0 Å². The fourth-order valence-corrected chi connectivity index (χ4v) is 6.25. The topological polar surface area (TPSA) is 88.5 Å². The summed E-state index contributed by atoms with van der Waals surface area (Å²) in [6.45, 7) is 2.02. The first-order valence-corrected chi connectivity index (χ1v) is 13.7. The Labute approximate surface area is 199 Å². The third-order valence-electron chi connectivity index (χ3n) is 6.61. The van der Waals surface area contributed by atoms with Gasteiger partial charge in [-0.15, -0.1) is 10.2 Å². The first-order valence-electron chi connectivity index (χ1n) is 11.0. The summed E-state index contributed by atoms with van der Waals surface area (Å²) in [5.74, 6) is 1.06. The van der Waals surface area contributed by atoms with Gasteiger partial charge in [-0.25, -0.2) is 8.42 Å². The van der Waals surface area contributed by atoms with E-state index in [0.717, 1.165) is 41.8 Å². The number of nitrogens with zero attached hydrogens (tertiary/aromatic N) is 5. The van der Waals surface area contributed by atoms with E-state index in [1.807, 2.05) is 17.0 Å². The molecule has 0 aromatic carbocycles. The monoisotopic (exact) mass is 515 g/mol. The van der Waals surface area contributed by atoms with Gasteiger partial charge in [0.1, 0.15) is 11.9 Å². The maximum Gasteiger partial charge on any atom is 0.445 e. The minimum absolute atomic E-state index is 0.00965. The molecule has 184 valence electrons. The lowest BCUT2D eigenvalue weighted by atomic mass is 9.89. The molecule has 0 unspecified atom stereocenters. The van der Waals surface area contributed by atoms with Gasteiger partial charge in [-0.2, -0.15) is 17.5 Å². The quantitative estimate of drug-likeness (QED) is 0.618. The lowest BCUT2D eigenvalue weighted by molar-refractivity contribution is -0.138. The number of aromatic nitrogens is 3. The van der Waals surface area contributed by atoms with Crippen molar-refractivity contribution in [2.24, 2.45) is 5.92 Å². The van der Waals surface area contributed by atoms with Crippen LogP contribution in [0.25, 0.3) is 5.57 Å². The number of pyridine rings is 1. The van der Waals surface area contributed by atoms with Crippen molar-refractivity contribution in [1.82, 2.24) is 19.5 Å². The van der Waals surface area contributed by atoms with Crippen molar-refractivity contribution in [3.05, 3.63) is 34.6 Å². The molecule has 13 heteroatoms. The SMILES string of the molecule is CS(=O)(=O)N1CC=C(c2cc3c(cn2)O[C@@H](C2CCN(c4nnc(C(F)(F)F)s4)CC2)C3)CC1. The van der Waals surface area contributed by atoms with Crippen LogP contribution in [0, 0.1) is 5.92 Å². The first kappa shape index (κ1) is 23.5. The minimum Gasteiger partial charge on any atom is -0.488 e. The number of hydrogen-bond donors (Lipinski definition) is 0. The molecule has 0 amide bonds. The first-order chi connectivity index (χ1) is 16.1. The summed E-state index contributed by atoms with van der Waals surface area (Å²) in [6.07, 6.45) is 3.39. The van der Waals surface area contributed by atoms with Crippen molar-refractivity contribution < 1.29 is 26.3 Å². The molecule has 34 heavy (non-hydrogen) atoms. The molecule has 0 bridgehead atoms. The van der Waals surface area contributed by atoms with Gasteiger partial charge in [0.2, 0.25) is 20.2 Å². The van der Waals surface area contributed by atoms with Crippen LogP contribution in [-0.4, -0.2) is 66.4 Å². The lowest BCUT2D eigenvalue weighted by Gasteiger charge is -2.33. The zero-order valence-corrected chi connectivity index (χ0v) is 20.1.